The number of hydrogen-bond donors (Lipinski definition) is 3. The summed E-state index contributed by atoms with van der Waals surface area (Å²) in [6.45, 7) is 3.43. The molecular weight excluding hydrogens is 234 g/mol. The molecule has 0 saturated heterocycles. The molecule has 18 heavy (non-hydrogen) atoms. The Morgan fingerprint density at radius 2 is 2.28 bits per heavy atom. The molecule has 0 fully saturated rings. The van der Waals surface area contributed by atoms with E-state index in [0.29, 0.717) is 17.0 Å². The first-order valence-electron chi connectivity index (χ1n) is 5.42. The predicted molar refractivity (Wildman–Crippen MR) is 62.9 cm³/mol. The monoisotopic (exact) mass is 247 g/mol. The van der Waals surface area contributed by atoms with Gasteiger partial charge in [-0.2, -0.15) is 5.21 Å². The Morgan fingerprint density at radius 3 is 2.94 bits per heavy atom. The van der Waals surface area contributed by atoms with Gasteiger partial charge in [0.25, 0.3) is 5.91 Å². The predicted octanol–water partition coefficient (Wildman–Crippen LogP) is 0.705. The summed E-state index contributed by atoms with van der Waals surface area (Å²) < 4.78 is 0. The zero-order valence-electron chi connectivity index (χ0n) is 10.0. The molecule has 0 radical (unpaired) electrons. The molecule has 1 heterocycles. The topological polar surface area (TPSA) is 104 Å². The Bertz CT molecular complexity index is 553. The Kier molecular flexibility index (Phi) is 3.22. The number of rotatable bonds is 3. The molecule has 0 bridgehead atoms. The van der Waals surface area contributed by atoms with Gasteiger partial charge in [-0.25, -0.2) is 0 Å². The van der Waals surface area contributed by atoms with Crippen LogP contribution in [0.15, 0.2) is 18.2 Å². The molecular formula is C11H13N5O2. The maximum absolute atomic E-state index is 12.0. The molecule has 1 atom stereocenters. The number of tetrazole rings is 1. The molecule has 7 heteroatoms. The molecule has 1 aromatic carbocycles. The lowest BCUT2D eigenvalue weighted by Gasteiger charge is -2.12. The van der Waals surface area contributed by atoms with Crippen LogP contribution in [0.2, 0.25) is 0 Å². The van der Waals surface area contributed by atoms with E-state index in [2.05, 4.69) is 25.9 Å². The van der Waals surface area contributed by atoms with Crippen molar-refractivity contribution < 1.29 is 9.90 Å². The number of carbonyl (C=O) groups excluding carboxylic acids is 1. The van der Waals surface area contributed by atoms with Crippen LogP contribution in [0.5, 0.6) is 5.75 Å². The van der Waals surface area contributed by atoms with E-state index in [1.807, 2.05) is 0 Å². The first kappa shape index (κ1) is 12.0. The normalized spacial score (nSPS) is 12.1. The summed E-state index contributed by atoms with van der Waals surface area (Å²) in [6, 6.07) is 4.44. The number of hydrogen-bond acceptors (Lipinski definition) is 5. The van der Waals surface area contributed by atoms with E-state index in [0.717, 1.165) is 0 Å². The van der Waals surface area contributed by atoms with Crippen LogP contribution in [0.3, 0.4) is 0 Å². The molecule has 94 valence electrons. The third-order valence-corrected chi connectivity index (χ3v) is 2.65. The number of benzene rings is 1. The summed E-state index contributed by atoms with van der Waals surface area (Å²) in [6.07, 6.45) is 0. The molecule has 3 N–H and O–H groups in total. The van der Waals surface area contributed by atoms with E-state index in [1.54, 1.807) is 26.0 Å². The van der Waals surface area contributed by atoms with Crippen LogP contribution in [0.4, 0.5) is 0 Å². The van der Waals surface area contributed by atoms with Gasteiger partial charge in [0.1, 0.15) is 5.75 Å². The highest BCUT2D eigenvalue weighted by molar-refractivity contribution is 5.96. The summed E-state index contributed by atoms with van der Waals surface area (Å²) in [4.78, 5) is 12.0. The van der Waals surface area contributed by atoms with Crippen molar-refractivity contribution in [3.05, 3.63) is 35.2 Å². The highest BCUT2D eigenvalue weighted by Crippen LogP contribution is 2.20. The van der Waals surface area contributed by atoms with Gasteiger partial charge in [0, 0.05) is 11.1 Å². The van der Waals surface area contributed by atoms with Gasteiger partial charge in [-0.15, -0.1) is 10.2 Å². The van der Waals surface area contributed by atoms with E-state index >= 15 is 0 Å². The minimum absolute atomic E-state index is 0.0925. The SMILES string of the molecule is Cc1c(O)cccc1C(=O)NC(C)c1nn[nH]n1. The van der Waals surface area contributed by atoms with Crippen molar-refractivity contribution in [2.75, 3.05) is 0 Å². The molecule has 7 nitrogen and oxygen atoms in total. The van der Waals surface area contributed by atoms with Crippen LogP contribution in [0.25, 0.3) is 0 Å². The summed E-state index contributed by atoms with van der Waals surface area (Å²) >= 11 is 0. The first-order chi connectivity index (χ1) is 8.59. The van der Waals surface area contributed by atoms with Gasteiger partial charge in [0.15, 0.2) is 5.82 Å². The minimum atomic E-state index is -0.363. The van der Waals surface area contributed by atoms with Gasteiger partial charge < -0.3 is 10.4 Å². The number of nitrogens with zero attached hydrogens (tertiary/aromatic N) is 3. The molecule has 1 aromatic heterocycles. The fourth-order valence-corrected chi connectivity index (χ4v) is 1.56. The van der Waals surface area contributed by atoms with Crippen molar-refractivity contribution >= 4 is 5.91 Å². The van der Waals surface area contributed by atoms with Crippen molar-refractivity contribution in [2.45, 2.75) is 19.9 Å². The molecule has 0 saturated carbocycles. The Morgan fingerprint density at radius 1 is 1.50 bits per heavy atom. The maximum atomic E-state index is 12.0. The first-order valence-corrected chi connectivity index (χ1v) is 5.42. The third kappa shape index (κ3) is 2.29. The molecule has 0 aliphatic rings. The quantitative estimate of drug-likeness (QED) is 0.740. The van der Waals surface area contributed by atoms with Crippen molar-refractivity contribution in [1.29, 1.82) is 0 Å². The van der Waals surface area contributed by atoms with E-state index < -0.39 is 0 Å². The maximum Gasteiger partial charge on any atom is 0.252 e. The number of nitrogens with one attached hydrogen (secondary N) is 2. The highest BCUT2D eigenvalue weighted by atomic mass is 16.3. The molecule has 1 unspecified atom stereocenters. The fraction of sp³-hybridized carbons (Fsp3) is 0.273. The second-order valence-electron chi connectivity index (χ2n) is 3.91. The standard InChI is InChI=1S/C11H13N5O2/c1-6-8(4-3-5-9(6)17)11(18)12-7(2)10-13-15-16-14-10/h3-5,7,17H,1-2H3,(H,12,18)(H,13,14,15,16). The second kappa shape index (κ2) is 4.82. The molecule has 0 spiro atoms. The molecule has 0 aliphatic carbocycles. The number of aromatic hydroxyl groups is 1. The number of aromatic amines is 1. The van der Waals surface area contributed by atoms with Gasteiger partial charge in [0.05, 0.1) is 6.04 Å². The number of phenols is 1. The van der Waals surface area contributed by atoms with Gasteiger partial charge in [-0.05, 0) is 26.0 Å². The lowest BCUT2D eigenvalue weighted by atomic mass is 10.1. The summed E-state index contributed by atoms with van der Waals surface area (Å²) in [5.74, 6) is 0.205. The summed E-state index contributed by atoms with van der Waals surface area (Å²) in [5.41, 5.74) is 0.959. The zero-order valence-corrected chi connectivity index (χ0v) is 10.0. The lowest BCUT2D eigenvalue weighted by Crippen LogP contribution is -2.28. The Hall–Kier alpha value is -2.44. The lowest BCUT2D eigenvalue weighted by molar-refractivity contribution is 0.0937. The zero-order chi connectivity index (χ0) is 13.1. The van der Waals surface area contributed by atoms with E-state index in [4.69, 9.17) is 0 Å². The summed E-state index contributed by atoms with van der Waals surface area (Å²) in [5, 5.41) is 25.6. The molecule has 0 aliphatic heterocycles. The molecule has 2 rings (SSSR count). The Labute approximate surface area is 103 Å². The van der Waals surface area contributed by atoms with E-state index in [1.165, 1.54) is 6.07 Å². The van der Waals surface area contributed by atoms with Crippen LogP contribution >= 0.6 is 0 Å². The van der Waals surface area contributed by atoms with Gasteiger partial charge in [0.2, 0.25) is 0 Å². The number of phenolic OH excluding ortho intramolecular Hbond substituents is 1. The van der Waals surface area contributed by atoms with Crippen molar-refractivity contribution in [3.63, 3.8) is 0 Å². The van der Waals surface area contributed by atoms with Crippen molar-refractivity contribution in [2.24, 2.45) is 0 Å². The van der Waals surface area contributed by atoms with Gasteiger partial charge >= 0.3 is 0 Å². The minimum Gasteiger partial charge on any atom is -0.508 e. The molecule has 2 aromatic rings. The fourth-order valence-electron chi connectivity index (χ4n) is 1.56. The highest BCUT2D eigenvalue weighted by Gasteiger charge is 2.16. The van der Waals surface area contributed by atoms with E-state index in [-0.39, 0.29) is 17.7 Å². The third-order valence-electron chi connectivity index (χ3n) is 2.65. The Balaban J connectivity index is 2.15. The van der Waals surface area contributed by atoms with Crippen LogP contribution in [-0.4, -0.2) is 31.6 Å². The van der Waals surface area contributed by atoms with Crippen LogP contribution in [0.1, 0.15) is 34.7 Å². The average molecular weight is 247 g/mol. The van der Waals surface area contributed by atoms with Crippen LogP contribution in [0, 0.1) is 6.92 Å². The second-order valence-corrected chi connectivity index (χ2v) is 3.91. The largest absolute Gasteiger partial charge is 0.508 e. The smallest absolute Gasteiger partial charge is 0.252 e. The van der Waals surface area contributed by atoms with Crippen LogP contribution < -0.4 is 5.32 Å². The summed E-state index contributed by atoms with van der Waals surface area (Å²) in [7, 11) is 0. The van der Waals surface area contributed by atoms with Gasteiger partial charge in [-0.1, -0.05) is 11.3 Å². The average Bonchev–Trinajstić information content (AvgIpc) is 2.86. The number of amides is 1. The van der Waals surface area contributed by atoms with Gasteiger partial charge in [-0.3, -0.25) is 4.79 Å². The van der Waals surface area contributed by atoms with Crippen LogP contribution in [-0.2, 0) is 0 Å². The van der Waals surface area contributed by atoms with Crippen molar-refractivity contribution in [1.82, 2.24) is 25.9 Å². The number of aromatic nitrogens is 4. The molecule has 1 amide bonds. The van der Waals surface area contributed by atoms with Crippen molar-refractivity contribution in [3.8, 4) is 5.75 Å². The number of carbonyl (C=O) groups is 1. The number of H-pyrrole nitrogens is 1. The van der Waals surface area contributed by atoms with E-state index in [9.17, 15) is 9.90 Å².